The lowest BCUT2D eigenvalue weighted by atomic mass is 9.96. The zero-order valence-electron chi connectivity index (χ0n) is 13.8. The Morgan fingerprint density at radius 2 is 1.91 bits per heavy atom. The molecule has 0 aliphatic carbocycles. The zero-order chi connectivity index (χ0) is 16.3. The summed E-state index contributed by atoms with van der Waals surface area (Å²) in [6.07, 6.45) is 0. The maximum atomic E-state index is 12.2. The Bertz CT molecular complexity index is 647. The molecule has 0 radical (unpaired) electrons. The van der Waals surface area contributed by atoms with Crippen LogP contribution in [0.5, 0.6) is 0 Å². The number of benzene rings is 1. The minimum atomic E-state index is -0.356. The van der Waals surface area contributed by atoms with Crippen LogP contribution in [0.2, 0.25) is 0 Å². The van der Waals surface area contributed by atoms with E-state index in [0.717, 1.165) is 5.56 Å². The van der Waals surface area contributed by atoms with Gasteiger partial charge in [0.05, 0.1) is 0 Å². The van der Waals surface area contributed by atoms with Gasteiger partial charge in [0, 0.05) is 17.5 Å². The first-order valence-electron chi connectivity index (χ1n) is 7.25. The maximum absolute atomic E-state index is 12.2. The molecule has 0 aliphatic heterocycles. The number of nitrogens with two attached hydrogens (primary N) is 1. The predicted molar refractivity (Wildman–Crippen MR) is 90.5 cm³/mol. The van der Waals surface area contributed by atoms with Crippen molar-refractivity contribution in [3.8, 4) is 0 Å². The van der Waals surface area contributed by atoms with Gasteiger partial charge < -0.3 is 15.6 Å². The van der Waals surface area contributed by atoms with Crippen molar-refractivity contribution in [2.75, 3.05) is 0 Å². The molecular formula is C16H23ClN4O2. The Balaban J connectivity index is 0.00000264. The van der Waals surface area contributed by atoms with E-state index in [1.165, 1.54) is 0 Å². The van der Waals surface area contributed by atoms with Crippen LogP contribution in [0.4, 0.5) is 0 Å². The highest BCUT2D eigenvalue weighted by Gasteiger charge is 2.24. The number of hydrogen-bond donors (Lipinski definition) is 2. The Hall–Kier alpha value is -1.92. The largest absolute Gasteiger partial charge is 0.341 e. The molecule has 1 amide bonds. The van der Waals surface area contributed by atoms with Gasteiger partial charge in [0.1, 0.15) is 6.04 Å². The van der Waals surface area contributed by atoms with Gasteiger partial charge >= 0.3 is 0 Å². The third-order valence-electron chi connectivity index (χ3n) is 3.28. The standard InChI is InChI=1S/C16H22N4O2.ClH/c1-10(14-19-15(20-22-14)16(2,3)4)18-13(21)12-7-5-11(9-17)6-8-12;/h5-8,10H,9,17H2,1-4H3,(H,18,21);1H. The van der Waals surface area contributed by atoms with Crippen LogP contribution in [-0.4, -0.2) is 16.0 Å². The number of amides is 1. The second-order valence-electron chi connectivity index (χ2n) is 6.30. The van der Waals surface area contributed by atoms with Crippen molar-refractivity contribution in [2.45, 2.75) is 45.7 Å². The fourth-order valence-corrected chi connectivity index (χ4v) is 1.85. The zero-order valence-corrected chi connectivity index (χ0v) is 14.6. The molecule has 0 fully saturated rings. The fourth-order valence-electron chi connectivity index (χ4n) is 1.85. The number of nitrogens with zero attached hydrogens (tertiary/aromatic N) is 2. The van der Waals surface area contributed by atoms with Crippen molar-refractivity contribution in [1.29, 1.82) is 0 Å². The van der Waals surface area contributed by atoms with Gasteiger partial charge in [-0.05, 0) is 24.6 Å². The lowest BCUT2D eigenvalue weighted by Gasteiger charge is -2.12. The van der Waals surface area contributed by atoms with E-state index in [-0.39, 0.29) is 29.8 Å². The summed E-state index contributed by atoms with van der Waals surface area (Å²) in [4.78, 5) is 16.5. The molecule has 0 bridgehead atoms. The molecule has 2 rings (SSSR count). The van der Waals surface area contributed by atoms with Crippen LogP contribution >= 0.6 is 12.4 Å². The van der Waals surface area contributed by atoms with Gasteiger partial charge in [-0.15, -0.1) is 12.4 Å². The highest BCUT2D eigenvalue weighted by atomic mass is 35.5. The fraction of sp³-hybridized carbons (Fsp3) is 0.438. The van der Waals surface area contributed by atoms with Crippen LogP contribution in [0.25, 0.3) is 0 Å². The predicted octanol–water partition coefficient (Wildman–Crippen LogP) is 2.74. The van der Waals surface area contributed by atoms with E-state index < -0.39 is 0 Å². The van der Waals surface area contributed by atoms with Gasteiger partial charge in [0.25, 0.3) is 5.91 Å². The van der Waals surface area contributed by atoms with Crippen molar-refractivity contribution in [3.05, 3.63) is 47.1 Å². The molecule has 2 aromatic rings. The molecule has 126 valence electrons. The highest BCUT2D eigenvalue weighted by molar-refractivity contribution is 5.94. The molecule has 3 N–H and O–H groups in total. The lowest BCUT2D eigenvalue weighted by Crippen LogP contribution is -2.27. The molecule has 7 heteroatoms. The summed E-state index contributed by atoms with van der Waals surface area (Å²) in [7, 11) is 0. The molecule has 0 aliphatic rings. The van der Waals surface area contributed by atoms with Gasteiger partial charge in [-0.25, -0.2) is 0 Å². The molecule has 0 saturated carbocycles. The van der Waals surface area contributed by atoms with Gasteiger partial charge in [0.2, 0.25) is 5.89 Å². The molecule has 0 spiro atoms. The monoisotopic (exact) mass is 338 g/mol. The summed E-state index contributed by atoms with van der Waals surface area (Å²) in [5.74, 6) is 0.833. The number of nitrogens with one attached hydrogen (secondary N) is 1. The van der Waals surface area contributed by atoms with Gasteiger partial charge in [0.15, 0.2) is 5.82 Å². The summed E-state index contributed by atoms with van der Waals surface area (Å²) >= 11 is 0. The molecule has 0 saturated heterocycles. The average Bonchev–Trinajstić information content (AvgIpc) is 2.97. The third-order valence-corrected chi connectivity index (χ3v) is 3.28. The minimum Gasteiger partial charge on any atom is -0.341 e. The number of rotatable bonds is 4. The van der Waals surface area contributed by atoms with Crippen molar-refractivity contribution < 1.29 is 9.32 Å². The first-order valence-corrected chi connectivity index (χ1v) is 7.25. The van der Waals surface area contributed by atoms with Crippen LogP contribution < -0.4 is 11.1 Å². The minimum absolute atomic E-state index is 0. The van der Waals surface area contributed by atoms with Crippen LogP contribution in [0.1, 0.15) is 61.4 Å². The summed E-state index contributed by atoms with van der Waals surface area (Å²) in [5, 5.41) is 6.81. The van der Waals surface area contributed by atoms with Crippen LogP contribution in [-0.2, 0) is 12.0 Å². The first kappa shape index (κ1) is 19.1. The maximum Gasteiger partial charge on any atom is 0.251 e. The number of carbonyl (C=O) groups is 1. The summed E-state index contributed by atoms with van der Waals surface area (Å²) < 4.78 is 5.23. The van der Waals surface area contributed by atoms with E-state index >= 15 is 0 Å². The van der Waals surface area contributed by atoms with E-state index in [9.17, 15) is 4.79 Å². The molecule has 6 nitrogen and oxygen atoms in total. The Kier molecular flexibility index (Phi) is 6.29. The van der Waals surface area contributed by atoms with Crippen LogP contribution in [0, 0.1) is 0 Å². The topological polar surface area (TPSA) is 94.0 Å². The molecule has 1 heterocycles. The van der Waals surface area contributed by atoms with E-state index in [1.807, 2.05) is 39.8 Å². The van der Waals surface area contributed by atoms with E-state index in [0.29, 0.717) is 23.8 Å². The SMILES string of the molecule is CC(NC(=O)c1ccc(CN)cc1)c1nc(C(C)(C)C)no1.Cl. The number of hydrogen-bond acceptors (Lipinski definition) is 5. The molecule has 1 aromatic carbocycles. The second kappa shape index (κ2) is 7.57. The van der Waals surface area contributed by atoms with Crippen LogP contribution in [0.15, 0.2) is 28.8 Å². The van der Waals surface area contributed by atoms with Gasteiger partial charge in [-0.3, -0.25) is 4.79 Å². The Labute approximate surface area is 142 Å². The van der Waals surface area contributed by atoms with Crippen LogP contribution in [0.3, 0.4) is 0 Å². The van der Waals surface area contributed by atoms with E-state index in [2.05, 4.69) is 15.5 Å². The number of carbonyl (C=O) groups excluding carboxylic acids is 1. The third kappa shape index (κ3) is 4.77. The second-order valence-corrected chi connectivity index (χ2v) is 6.30. The number of halogens is 1. The van der Waals surface area contributed by atoms with Crippen molar-refractivity contribution in [3.63, 3.8) is 0 Å². The van der Waals surface area contributed by atoms with E-state index in [1.54, 1.807) is 12.1 Å². The first-order chi connectivity index (χ1) is 10.3. The lowest BCUT2D eigenvalue weighted by molar-refractivity contribution is 0.0932. The smallest absolute Gasteiger partial charge is 0.251 e. The quantitative estimate of drug-likeness (QED) is 0.893. The van der Waals surface area contributed by atoms with Gasteiger partial charge in [-0.1, -0.05) is 38.1 Å². The normalized spacial score (nSPS) is 12.4. The number of aromatic nitrogens is 2. The molecule has 23 heavy (non-hydrogen) atoms. The summed E-state index contributed by atoms with van der Waals surface area (Å²) in [6, 6.07) is 6.82. The molecule has 1 unspecified atom stereocenters. The van der Waals surface area contributed by atoms with Crippen molar-refractivity contribution >= 4 is 18.3 Å². The molecular weight excluding hydrogens is 316 g/mol. The van der Waals surface area contributed by atoms with Crippen molar-refractivity contribution in [1.82, 2.24) is 15.5 Å². The van der Waals surface area contributed by atoms with Gasteiger partial charge in [-0.2, -0.15) is 4.98 Å². The highest BCUT2D eigenvalue weighted by Crippen LogP contribution is 2.20. The Morgan fingerprint density at radius 1 is 1.30 bits per heavy atom. The average molecular weight is 339 g/mol. The Morgan fingerprint density at radius 3 is 2.39 bits per heavy atom. The van der Waals surface area contributed by atoms with Crippen molar-refractivity contribution in [2.24, 2.45) is 5.73 Å². The summed E-state index contributed by atoms with van der Waals surface area (Å²) in [5.41, 5.74) is 6.90. The van der Waals surface area contributed by atoms with E-state index in [4.69, 9.17) is 10.3 Å². The molecule has 1 atom stereocenters. The molecule has 1 aromatic heterocycles. The summed E-state index contributed by atoms with van der Waals surface area (Å²) in [6.45, 7) is 8.28.